The summed E-state index contributed by atoms with van der Waals surface area (Å²) < 4.78 is 34.2. The average Bonchev–Trinajstić information content (AvgIpc) is 3.19. The summed E-state index contributed by atoms with van der Waals surface area (Å²) in [7, 11) is -3.63. The largest absolute Gasteiger partial charge is 0.472 e. The second-order valence-electron chi connectivity index (χ2n) is 7.65. The molecule has 1 saturated heterocycles. The van der Waals surface area contributed by atoms with Gasteiger partial charge < -0.3 is 9.32 Å². The summed E-state index contributed by atoms with van der Waals surface area (Å²) in [5.74, 6) is -0.0773. The molecule has 0 bridgehead atoms. The average molecular weight is 405 g/mol. The van der Waals surface area contributed by atoms with E-state index in [1.807, 2.05) is 34.6 Å². The van der Waals surface area contributed by atoms with Crippen LogP contribution in [0.2, 0.25) is 0 Å². The summed E-state index contributed by atoms with van der Waals surface area (Å²) in [6.07, 6.45) is 4.09. The molecule has 0 radical (unpaired) electrons. The van der Waals surface area contributed by atoms with Crippen LogP contribution in [0.5, 0.6) is 0 Å². The van der Waals surface area contributed by atoms with Gasteiger partial charge in [-0.2, -0.15) is 0 Å². The number of sulfonamides is 1. The maximum atomic E-state index is 13.2. The van der Waals surface area contributed by atoms with Crippen LogP contribution >= 0.6 is 0 Å². The molecule has 2 heterocycles. The van der Waals surface area contributed by atoms with E-state index in [2.05, 4.69) is 4.72 Å². The third-order valence-corrected chi connectivity index (χ3v) is 7.87. The van der Waals surface area contributed by atoms with Gasteiger partial charge in [-0.3, -0.25) is 4.79 Å². The maximum absolute atomic E-state index is 13.2. The Labute approximate surface area is 167 Å². The number of rotatable bonds is 4. The Bertz CT molecular complexity index is 957. The monoisotopic (exact) mass is 404 g/mol. The normalized spacial score (nSPS) is 15.8. The zero-order chi connectivity index (χ0) is 20.6. The van der Waals surface area contributed by atoms with Crippen molar-refractivity contribution >= 4 is 15.9 Å². The first-order valence-corrected chi connectivity index (χ1v) is 11.0. The summed E-state index contributed by atoms with van der Waals surface area (Å²) >= 11 is 0. The maximum Gasteiger partial charge on any atom is 0.257 e. The Morgan fingerprint density at radius 3 is 2.04 bits per heavy atom. The number of nitrogens with zero attached hydrogens (tertiary/aromatic N) is 1. The number of piperidine rings is 1. The van der Waals surface area contributed by atoms with E-state index in [9.17, 15) is 13.2 Å². The summed E-state index contributed by atoms with van der Waals surface area (Å²) in [6, 6.07) is 1.46. The first-order chi connectivity index (χ1) is 13.1. The molecule has 1 N–H and O–H groups in total. The van der Waals surface area contributed by atoms with Crippen LogP contribution in [0.3, 0.4) is 0 Å². The Morgan fingerprint density at radius 1 is 1.00 bits per heavy atom. The highest BCUT2D eigenvalue weighted by Gasteiger charge is 2.30. The fourth-order valence-corrected chi connectivity index (χ4v) is 5.82. The molecule has 1 aliphatic rings. The lowest BCUT2D eigenvalue weighted by molar-refractivity contribution is 0.0710. The van der Waals surface area contributed by atoms with E-state index in [1.54, 1.807) is 11.0 Å². The van der Waals surface area contributed by atoms with Gasteiger partial charge in [0.2, 0.25) is 10.0 Å². The molecule has 152 valence electrons. The fourth-order valence-electron chi connectivity index (χ4n) is 3.92. The van der Waals surface area contributed by atoms with Gasteiger partial charge in [-0.05, 0) is 81.3 Å². The van der Waals surface area contributed by atoms with Gasteiger partial charge in [-0.25, -0.2) is 13.1 Å². The highest BCUT2D eigenvalue weighted by Crippen LogP contribution is 2.30. The lowest BCUT2D eigenvalue weighted by Gasteiger charge is -2.32. The smallest absolute Gasteiger partial charge is 0.257 e. The van der Waals surface area contributed by atoms with E-state index in [0.717, 1.165) is 27.8 Å². The van der Waals surface area contributed by atoms with Crippen LogP contribution in [0.15, 0.2) is 27.9 Å². The summed E-state index contributed by atoms with van der Waals surface area (Å²) in [4.78, 5) is 14.5. The molecule has 0 unspecified atom stereocenters. The highest BCUT2D eigenvalue weighted by molar-refractivity contribution is 7.89. The van der Waals surface area contributed by atoms with Crippen LogP contribution in [-0.4, -0.2) is 38.4 Å². The molecule has 0 atom stereocenters. The van der Waals surface area contributed by atoms with Crippen molar-refractivity contribution in [2.45, 2.75) is 58.4 Å². The molecule has 0 spiro atoms. The third kappa shape index (κ3) is 3.73. The van der Waals surface area contributed by atoms with Gasteiger partial charge in [0.25, 0.3) is 5.91 Å². The zero-order valence-corrected chi connectivity index (χ0v) is 17.9. The van der Waals surface area contributed by atoms with Crippen molar-refractivity contribution in [1.29, 1.82) is 0 Å². The lowest BCUT2D eigenvalue weighted by Crippen LogP contribution is -2.46. The van der Waals surface area contributed by atoms with Gasteiger partial charge in [0.05, 0.1) is 16.7 Å². The van der Waals surface area contributed by atoms with Gasteiger partial charge in [0, 0.05) is 19.1 Å². The highest BCUT2D eigenvalue weighted by atomic mass is 32.2. The Kier molecular flexibility index (Phi) is 5.68. The number of likely N-dealkylation sites (tertiary alicyclic amines) is 1. The molecule has 0 aliphatic carbocycles. The van der Waals surface area contributed by atoms with Crippen LogP contribution in [-0.2, 0) is 10.0 Å². The molecule has 1 aliphatic heterocycles. The number of hydrogen-bond donors (Lipinski definition) is 1. The Balaban J connectivity index is 1.74. The van der Waals surface area contributed by atoms with Crippen LogP contribution in [0.1, 0.15) is 51.0 Å². The van der Waals surface area contributed by atoms with Gasteiger partial charge in [-0.15, -0.1) is 0 Å². The van der Waals surface area contributed by atoms with Crippen LogP contribution in [0.25, 0.3) is 0 Å². The third-order valence-electron chi connectivity index (χ3n) is 6.07. The second-order valence-corrected chi connectivity index (χ2v) is 9.30. The number of nitrogens with one attached hydrogen (secondary N) is 1. The van der Waals surface area contributed by atoms with Crippen molar-refractivity contribution in [3.63, 3.8) is 0 Å². The standard InChI is InChI=1S/C21H28N2O4S/c1-13-14(2)16(4)20(17(5)15(13)3)28(25,26)22-19-6-9-23(10-7-19)21(24)18-8-11-27-12-18/h8,11-12,19,22H,6-7,9-10H2,1-5H3. The SMILES string of the molecule is Cc1c(C)c(C)c(S(=O)(=O)NC2CCN(C(=O)c3ccoc3)CC2)c(C)c1C. The topological polar surface area (TPSA) is 79.6 Å². The summed E-state index contributed by atoms with van der Waals surface area (Å²) in [6.45, 7) is 10.7. The quantitative estimate of drug-likeness (QED) is 0.847. The molecule has 1 aromatic carbocycles. The van der Waals surface area contributed by atoms with Crippen molar-refractivity contribution in [1.82, 2.24) is 9.62 Å². The number of carbonyl (C=O) groups excluding carboxylic acids is 1. The number of furan rings is 1. The van der Waals surface area contributed by atoms with Crippen LogP contribution in [0, 0.1) is 34.6 Å². The predicted octanol–water partition coefficient (Wildman–Crippen LogP) is 3.40. The first-order valence-electron chi connectivity index (χ1n) is 9.54. The van der Waals surface area contributed by atoms with Crippen molar-refractivity contribution in [2.24, 2.45) is 0 Å². The molecule has 1 amide bonds. The minimum Gasteiger partial charge on any atom is -0.472 e. The number of benzene rings is 1. The van der Waals surface area contributed by atoms with Crippen molar-refractivity contribution in [2.75, 3.05) is 13.1 Å². The molecule has 6 nitrogen and oxygen atoms in total. The fraction of sp³-hybridized carbons (Fsp3) is 0.476. The zero-order valence-electron chi connectivity index (χ0n) is 17.1. The van der Waals surface area contributed by atoms with Crippen LogP contribution in [0.4, 0.5) is 0 Å². The van der Waals surface area contributed by atoms with E-state index >= 15 is 0 Å². The number of hydrogen-bond acceptors (Lipinski definition) is 4. The Hall–Kier alpha value is -2.12. The summed E-state index contributed by atoms with van der Waals surface area (Å²) in [5.41, 5.74) is 5.31. The van der Waals surface area contributed by atoms with Gasteiger partial charge in [0.15, 0.2) is 0 Å². The molecule has 1 fully saturated rings. The lowest BCUT2D eigenvalue weighted by atomic mass is 9.95. The van der Waals surface area contributed by atoms with E-state index < -0.39 is 10.0 Å². The number of amides is 1. The van der Waals surface area contributed by atoms with Crippen molar-refractivity contribution in [3.05, 3.63) is 52.0 Å². The molecule has 1 aromatic heterocycles. The minimum absolute atomic E-state index is 0.0773. The molecular formula is C21H28N2O4S. The molecular weight excluding hydrogens is 376 g/mol. The first kappa shape index (κ1) is 20.6. The van der Waals surface area contributed by atoms with E-state index in [-0.39, 0.29) is 11.9 Å². The molecule has 0 saturated carbocycles. The Morgan fingerprint density at radius 2 is 1.54 bits per heavy atom. The van der Waals surface area contributed by atoms with Crippen LogP contribution < -0.4 is 4.72 Å². The number of carbonyl (C=O) groups is 1. The summed E-state index contributed by atoms with van der Waals surface area (Å²) in [5, 5.41) is 0. The van der Waals surface area contributed by atoms with Gasteiger partial charge >= 0.3 is 0 Å². The van der Waals surface area contributed by atoms with E-state index in [4.69, 9.17) is 4.42 Å². The van der Waals surface area contributed by atoms with Gasteiger partial charge in [0.1, 0.15) is 6.26 Å². The minimum atomic E-state index is -3.63. The van der Waals surface area contributed by atoms with Crippen molar-refractivity contribution in [3.8, 4) is 0 Å². The molecule has 3 rings (SSSR count). The predicted molar refractivity (Wildman–Crippen MR) is 108 cm³/mol. The molecule has 2 aromatic rings. The molecule has 28 heavy (non-hydrogen) atoms. The second kappa shape index (κ2) is 7.72. The van der Waals surface area contributed by atoms with Gasteiger partial charge in [-0.1, -0.05) is 0 Å². The van der Waals surface area contributed by atoms with Crippen molar-refractivity contribution < 1.29 is 17.6 Å². The van der Waals surface area contributed by atoms with E-state index in [0.29, 0.717) is 36.4 Å². The molecule has 7 heteroatoms. The van der Waals surface area contributed by atoms with E-state index in [1.165, 1.54) is 12.5 Å².